The number of amides is 2. The Kier molecular flexibility index (Phi) is 4.71. The summed E-state index contributed by atoms with van der Waals surface area (Å²) >= 11 is 0. The Labute approximate surface area is 107 Å². The van der Waals surface area contributed by atoms with Gasteiger partial charge in [-0.05, 0) is 24.6 Å². The van der Waals surface area contributed by atoms with Crippen LogP contribution in [0.15, 0.2) is 24.3 Å². The smallest absolute Gasteiger partial charge is 0.323 e. The van der Waals surface area contributed by atoms with E-state index in [0.29, 0.717) is 0 Å². The van der Waals surface area contributed by atoms with Crippen molar-refractivity contribution in [3.63, 3.8) is 0 Å². The number of hydrogen-bond donors (Lipinski definition) is 1. The molecular weight excluding hydrogens is 232 g/mol. The van der Waals surface area contributed by atoms with E-state index in [2.05, 4.69) is 0 Å². The molecule has 0 bridgehead atoms. The van der Waals surface area contributed by atoms with Gasteiger partial charge in [0.2, 0.25) is 0 Å². The van der Waals surface area contributed by atoms with Gasteiger partial charge >= 0.3 is 12.0 Å². The van der Waals surface area contributed by atoms with Gasteiger partial charge < -0.3 is 10.0 Å². The van der Waals surface area contributed by atoms with Gasteiger partial charge in [-0.3, -0.25) is 9.69 Å². The molecule has 1 rings (SSSR count). The summed E-state index contributed by atoms with van der Waals surface area (Å²) < 4.78 is 0. The van der Waals surface area contributed by atoms with Gasteiger partial charge in [-0.2, -0.15) is 0 Å². The fraction of sp³-hybridized carbons (Fsp3) is 0.385. The number of aliphatic carboxylic acids is 1. The third-order valence-electron chi connectivity index (χ3n) is 2.66. The van der Waals surface area contributed by atoms with Crippen molar-refractivity contribution in [3.05, 3.63) is 29.8 Å². The topological polar surface area (TPSA) is 60.9 Å². The maximum absolute atomic E-state index is 12.0. The minimum atomic E-state index is -0.909. The molecule has 0 radical (unpaired) electrons. The summed E-state index contributed by atoms with van der Waals surface area (Å²) in [6.45, 7) is 2.15. The normalized spacial score (nSPS) is 9.94. The maximum Gasteiger partial charge on any atom is 0.323 e. The predicted molar refractivity (Wildman–Crippen MR) is 69.9 cm³/mol. The Bertz CT molecular complexity index is 446. The van der Waals surface area contributed by atoms with Crippen LogP contribution in [-0.2, 0) is 4.79 Å². The second-order valence-electron chi connectivity index (χ2n) is 4.25. The van der Waals surface area contributed by atoms with Crippen LogP contribution >= 0.6 is 0 Å². The van der Waals surface area contributed by atoms with Gasteiger partial charge in [0, 0.05) is 26.3 Å². The molecule has 5 heteroatoms. The maximum atomic E-state index is 12.0. The number of anilines is 1. The number of aryl methyl sites for hydroxylation is 1. The molecule has 0 saturated carbocycles. The molecule has 0 heterocycles. The highest BCUT2D eigenvalue weighted by molar-refractivity contribution is 5.91. The largest absolute Gasteiger partial charge is 0.481 e. The molecule has 0 aliphatic rings. The molecule has 5 nitrogen and oxygen atoms in total. The first-order valence-electron chi connectivity index (χ1n) is 5.69. The summed E-state index contributed by atoms with van der Waals surface area (Å²) in [7, 11) is 3.27. The average Bonchev–Trinajstić information content (AvgIpc) is 2.34. The minimum Gasteiger partial charge on any atom is -0.481 e. The van der Waals surface area contributed by atoms with Crippen LogP contribution in [0, 0.1) is 6.92 Å². The first kappa shape index (κ1) is 14.0. The fourth-order valence-electron chi connectivity index (χ4n) is 1.56. The van der Waals surface area contributed by atoms with Gasteiger partial charge in [0.1, 0.15) is 0 Å². The summed E-state index contributed by atoms with van der Waals surface area (Å²) in [5.74, 6) is -0.909. The molecule has 0 aliphatic carbocycles. The molecule has 98 valence electrons. The highest BCUT2D eigenvalue weighted by Gasteiger charge is 2.16. The van der Waals surface area contributed by atoms with Crippen LogP contribution in [0.1, 0.15) is 12.0 Å². The molecule has 18 heavy (non-hydrogen) atoms. The lowest BCUT2D eigenvalue weighted by Gasteiger charge is -2.24. The molecule has 0 atom stereocenters. The summed E-state index contributed by atoms with van der Waals surface area (Å²) in [5, 5.41) is 8.58. The lowest BCUT2D eigenvalue weighted by Crippen LogP contribution is -2.39. The third kappa shape index (κ3) is 3.76. The summed E-state index contributed by atoms with van der Waals surface area (Å²) in [6.07, 6.45) is -0.0517. The van der Waals surface area contributed by atoms with Gasteiger partial charge in [-0.15, -0.1) is 0 Å². The van der Waals surface area contributed by atoms with Gasteiger partial charge in [-0.1, -0.05) is 12.1 Å². The van der Waals surface area contributed by atoms with Crippen molar-refractivity contribution in [1.82, 2.24) is 4.90 Å². The van der Waals surface area contributed by atoms with Crippen LogP contribution < -0.4 is 4.90 Å². The second-order valence-corrected chi connectivity index (χ2v) is 4.25. The van der Waals surface area contributed by atoms with E-state index in [1.807, 2.05) is 31.2 Å². The van der Waals surface area contributed by atoms with E-state index in [0.717, 1.165) is 11.3 Å². The van der Waals surface area contributed by atoms with Crippen molar-refractivity contribution >= 4 is 17.7 Å². The van der Waals surface area contributed by atoms with Gasteiger partial charge in [0.05, 0.1) is 6.42 Å². The van der Waals surface area contributed by atoms with E-state index in [4.69, 9.17) is 5.11 Å². The molecule has 1 aromatic carbocycles. The van der Waals surface area contributed by atoms with Crippen molar-refractivity contribution in [2.24, 2.45) is 0 Å². The Hall–Kier alpha value is -2.04. The Balaban J connectivity index is 2.68. The van der Waals surface area contributed by atoms with Crippen LogP contribution in [0.3, 0.4) is 0 Å². The summed E-state index contributed by atoms with van der Waals surface area (Å²) in [5.41, 5.74) is 1.86. The van der Waals surface area contributed by atoms with Crippen molar-refractivity contribution in [2.45, 2.75) is 13.3 Å². The van der Waals surface area contributed by atoms with E-state index >= 15 is 0 Å². The number of carboxylic acid groups (broad SMARTS) is 1. The third-order valence-corrected chi connectivity index (χ3v) is 2.66. The van der Waals surface area contributed by atoms with Crippen molar-refractivity contribution in [3.8, 4) is 0 Å². The first-order chi connectivity index (χ1) is 8.41. The standard InChI is InChI=1S/C13H18N2O3/c1-10-5-4-6-11(9-10)15(3)13(18)14(2)8-7-12(16)17/h4-6,9H,7-8H2,1-3H3,(H,16,17). The number of benzene rings is 1. The number of carbonyl (C=O) groups is 2. The number of hydrogen-bond acceptors (Lipinski definition) is 2. The molecule has 0 unspecified atom stereocenters. The zero-order chi connectivity index (χ0) is 13.7. The Morgan fingerprint density at radius 1 is 1.28 bits per heavy atom. The molecular formula is C13H18N2O3. The Morgan fingerprint density at radius 2 is 1.94 bits per heavy atom. The first-order valence-corrected chi connectivity index (χ1v) is 5.69. The van der Waals surface area contributed by atoms with Crippen LogP contribution in [0.25, 0.3) is 0 Å². The Morgan fingerprint density at radius 3 is 2.50 bits per heavy atom. The van der Waals surface area contributed by atoms with Crippen molar-refractivity contribution in [1.29, 1.82) is 0 Å². The summed E-state index contributed by atoms with van der Waals surface area (Å²) in [4.78, 5) is 25.4. The average molecular weight is 250 g/mol. The van der Waals surface area contributed by atoms with Gasteiger partial charge in [-0.25, -0.2) is 4.79 Å². The second kappa shape index (κ2) is 6.05. The SMILES string of the molecule is Cc1cccc(N(C)C(=O)N(C)CCC(=O)O)c1. The fourth-order valence-corrected chi connectivity index (χ4v) is 1.56. The molecule has 0 spiro atoms. The molecule has 1 N–H and O–H groups in total. The molecule has 0 aromatic heterocycles. The molecule has 0 fully saturated rings. The number of carbonyl (C=O) groups excluding carboxylic acids is 1. The molecule has 0 aliphatic heterocycles. The van der Waals surface area contributed by atoms with E-state index in [-0.39, 0.29) is 19.0 Å². The highest BCUT2D eigenvalue weighted by atomic mass is 16.4. The zero-order valence-corrected chi connectivity index (χ0v) is 10.9. The minimum absolute atomic E-state index is 0.0517. The number of carboxylic acids is 1. The van der Waals surface area contributed by atoms with Crippen LogP contribution in [0.4, 0.5) is 10.5 Å². The van der Waals surface area contributed by atoms with Gasteiger partial charge in [0.15, 0.2) is 0 Å². The summed E-state index contributed by atoms with van der Waals surface area (Å²) in [6, 6.07) is 7.36. The lowest BCUT2D eigenvalue weighted by molar-refractivity contribution is -0.137. The van der Waals surface area contributed by atoms with E-state index in [9.17, 15) is 9.59 Å². The molecule has 1 aromatic rings. The van der Waals surface area contributed by atoms with Gasteiger partial charge in [0.25, 0.3) is 0 Å². The monoisotopic (exact) mass is 250 g/mol. The van der Waals surface area contributed by atoms with E-state index < -0.39 is 5.97 Å². The molecule has 2 amide bonds. The van der Waals surface area contributed by atoms with E-state index in [1.54, 1.807) is 14.1 Å². The number of urea groups is 1. The predicted octanol–water partition coefficient (Wildman–Crippen LogP) is 1.96. The van der Waals surface area contributed by atoms with Crippen LogP contribution in [0.2, 0.25) is 0 Å². The zero-order valence-electron chi connectivity index (χ0n) is 10.9. The number of nitrogens with zero attached hydrogens (tertiary/aromatic N) is 2. The van der Waals surface area contributed by atoms with Crippen LogP contribution in [0.5, 0.6) is 0 Å². The number of rotatable bonds is 4. The molecule has 0 saturated heterocycles. The van der Waals surface area contributed by atoms with Crippen LogP contribution in [-0.4, -0.2) is 42.6 Å². The van der Waals surface area contributed by atoms with Crippen molar-refractivity contribution < 1.29 is 14.7 Å². The van der Waals surface area contributed by atoms with E-state index in [1.165, 1.54) is 9.80 Å². The lowest BCUT2D eigenvalue weighted by atomic mass is 10.2. The quantitative estimate of drug-likeness (QED) is 0.888. The van der Waals surface area contributed by atoms with Crippen molar-refractivity contribution in [2.75, 3.05) is 25.5 Å². The highest BCUT2D eigenvalue weighted by Crippen LogP contribution is 2.15.